The number of halogens is 1. The van der Waals surface area contributed by atoms with E-state index in [1.54, 1.807) is 12.1 Å². The van der Waals surface area contributed by atoms with Crippen molar-refractivity contribution in [3.63, 3.8) is 0 Å². The normalized spacial score (nSPS) is 10.8. The first-order valence-corrected chi connectivity index (χ1v) is 12.7. The molecule has 0 radical (unpaired) electrons. The van der Waals surface area contributed by atoms with E-state index < -0.39 is 11.9 Å². The maximum Gasteiger partial charge on any atom is 0.422 e. The summed E-state index contributed by atoms with van der Waals surface area (Å²) in [5.41, 5.74) is 0. The Morgan fingerprint density at radius 3 is 1.52 bits per heavy atom. The van der Waals surface area contributed by atoms with E-state index in [-0.39, 0.29) is 12.4 Å². The molecule has 1 rings (SSSR count). The molecular formula is C26H41ClO4. The highest BCUT2D eigenvalue weighted by Crippen LogP contribution is 2.16. The van der Waals surface area contributed by atoms with Gasteiger partial charge in [0.1, 0.15) is 5.75 Å². The maximum absolute atomic E-state index is 11.7. The van der Waals surface area contributed by atoms with Gasteiger partial charge in [-0.1, -0.05) is 115 Å². The number of esters is 2. The third kappa shape index (κ3) is 15.8. The summed E-state index contributed by atoms with van der Waals surface area (Å²) >= 11 is 5.76. The van der Waals surface area contributed by atoms with Gasteiger partial charge in [-0.15, -0.1) is 0 Å². The van der Waals surface area contributed by atoms with Crippen LogP contribution in [-0.4, -0.2) is 18.5 Å². The maximum atomic E-state index is 11.7. The lowest BCUT2D eigenvalue weighted by Gasteiger charge is -2.06. The second kappa shape index (κ2) is 19.2. The lowest BCUT2D eigenvalue weighted by Crippen LogP contribution is -2.23. The highest BCUT2D eigenvalue weighted by molar-refractivity contribution is 6.31. The minimum Gasteiger partial charge on any atom is -0.457 e. The van der Waals surface area contributed by atoms with Crippen molar-refractivity contribution in [2.75, 3.05) is 6.61 Å². The lowest BCUT2D eigenvalue weighted by molar-refractivity contribution is -0.162. The van der Waals surface area contributed by atoms with Crippen LogP contribution in [0.15, 0.2) is 24.3 Å². The van der Waals surface area contributed by atoms with E-state index in [2.05, 4.69) is 6.92 Å². The smallest absolute Gasteiger partial charge is 0.422 e. The summed E-state index contributed by atoms with van der Waals surface area (Å²) in [6.07, 6.45) is 20.7. The first-order valence-electron chi connectivity index (χ1n) is 12.3. The third-order valence-corrected chi connectivity index (χ3v) is 5.67. The van der Waals surface area contributed by atoms with Crippen LogP contribution in [0.25, 0.3) is 0 Å². The number of benzene rings is 1. The molecule has 1 aromatic rings. The van der Waals surface area contributed by atoms with Gasteiger partial charge in [-0.25, -0.2) is 9.59 Å². The van der Waals surface area contributed by atoms with E-state index in [4.69, 9.17) is 21.1 Å². The fourth-order valence-corrected chi connectivity index (χ4v) is 3.65. The van der Waals surface area contributed by atoms with Crippen LogP contribution in [0.1, 0.15) is 110 Å². The Morgan fingerprint density at radius 1 is 0.645 bits per heavy atom. The van der Waals surface area contributed by atoms with Gasteiger partial charge in [-0.3, -0.25) is 0 Å². The first kappa shape index (κ1) is 27.5. The highest BCUT2D eigenvalue weighted by atomic mass is 35.5. The van der Waals surface area contributed by atoms with E-state index >= 15 is 0 Å². The van der Waals surface area contributed by atoms with E-state index in [1.165, 1.54) is 95.6 Å². The lowest BCUT2D eigenvalue weighted by atomic mass is 10.0. The molecule has 0 unspecified atom stereocenters. The van der Waals surface area contributed by atoms with Gasteiger partial charge in [0.05, 0.1) is 6.61 Å². The van der Waals surface area contributed by atoms with Crippen LogP contribution >= 0.6 is 11.6 Å². The van der Waals surface area contributed by atoms with Crippen molar-refractivity contribution >= 4 is 23.5 Å². The molecule has 0 saturated heterocycles. The van der Waals surface area contributed by atoms with E-state index in [9.17, 15) is 9.59 Å². The van der Waals surface area contributed by atoms with Gasteiger partial charge in [0.2, 0.25) is 0 Å². The quantitative estimate of drug-likeness (QED) is 0.0977. The second-order valence-corrected chi connectivity index (χ2v) is 8.72. The number of ether oxygens (including phenoxy) is 2. The molecule has 0 aliphatic heterocycles. The molecular weight excluding hydrogens is 412 g/mol. The molecule has 0 atom stereocenters. The second-order valence-electron chi connectivity index (χ2n) is 8.28. The van der Waals surface area contributed by atoms with Crippen molar-refractivity contribution < 1.29 is 19.1 Å². The number of hydrogen-bond acceptors (Lipinski definition) is 4. The fraction of sp³-hybridized carbons (Fsp3) is 0.692. The minimum atomic E-state index is -1.00. The van der Waals surface area contributed by atoms with Crippen LogP contribution in [0.3, 0.4) is 0 Å². The number of unbranched alkanes of at least 4 members (excludes halogenated alkanes) is 15. The molecule has 0 bridgehead atoms. The predicted molar refractivity (Wildman–Crippen MR) is 128 cm³/mol. The summed E-state index contributed by atoms with van der Waals surface area (Å²) in [4.78, 5) is 23.3. The van der Waals surface area contributed by atoms with Crippen LogP contribution in [-0.2, 0) is 14.3 Å². The molecule has 5 heteroatoms. The molecule has 0 heterocycles. The number of hydrogen-bond donors (Lipinski definition) is 0. The van der Waals surface area contributed by atoms with E-state index in [0.717, 1.165) is 19.3 Å². The monoisotopic (exact) mass is 452 g/mol. The largest absolute Gasteiger partial charge is 0.457 e. The molecule has 0 saturated carbocycles. The predicted octanol–water partition coefficient (Wildman–Crippen LogP) is 8.05. The first-order chi connectivity index (χ1) is 15.1. The number of carbonyl (C=O) groups is 2. The van der Waals surface area contributed by atoms with Crippen molar-refractivity contribution in [1.82, 2.24) is 0 Å². The van der Waals surface area contributed by atoms with Crippen LogP contribution in [0.5, 0.6) is 5.75 Å². The van der Waals surface area contributed by atoms with Crippen molar-refractivity contribution in [2.24, 2.45) is 0 Å². The van der Waals surface area contributed by atoms with E-state index in [0.29, 0.717) is 5.02 Å². The van der Waals surface area contributed by atoms with Gasteiger partial charge in [0.15, 0.2) is 0 Å². The molecule has 0 amide bonds. The molecule has 0 N–H and O–H groups in total. The molecule has 1 aromatic carbocycles. The SMILES string of the molecule is CCCCCCCCCCCCCCCCCCOC(=O)C(=O)Oc1ccc(Cl)cc1. The minimum absolute atomic E-state index is 0.257. The summed E-state index contributed by atoms with van der Waals surface area (Å²) in [6, 6.07) is 6.24. The summed E-state index contributed by atoms with van der Waals surface area (Å²) in [5, 5.41) is 0.533. The zero-order valence-corrected chi connectivity index (χ0v) is 20.1. The van der Waals surface area contributed by atoms with Gasteiger partial charge < -0.3 is 9.47 Å². The zero-order valence-electron chi connectivity index (χ0n) is 19.3. The van der Waals surface area contributed by atoms with Crippen molar-refractivity contribution in [1.29, 1.82) is 0 Å². The Kier molecular flexibility index (Phi) is 17.0. The molecule has 0 fully saturated rings. The van der Waals surface area contributed by atoms with Crippen LogP contribution in [0, 0.1) is 0 Å². The Hall–Kier alpha value is -1.55. The molecule has 0 aromatic heterocycles. The van der Waals surface area contributed by atoms with Crippen molar-refractivity contribution in [3.8, 4) is 5.75 Å². The molecule has 0 spiro atoms. The Balaban J connectivity index is 1.84. The Morgan fingerprint density at radius 2 is 1.06 bits per heavy atom. The van der Waals surface area contributed by atoms with Crippen LogP contribution in [0.4, 0.5) is 0 Å². The molecule has 0 aliphatic carbocycles. The zero-order chi connectivity index (χ0) is 22.6. The summed E-state index contributed by atoms with van der Waals surface area (Å²) in [7, 11) is 0. The number of rotatable bonds is 18. The average Bonchev–Trinajstić information content (AvgIpc) is 2.77. The van der Waals surface area contributed by atoms with Crippen LogP contribution < -0.4 is 4.74 Å². The molecule has 176 valence electrons. The van der Waals surface area contributed by atoms with Crippen molar-refractivity contribution in [2.45, 2.75) is 110 Å². The summed E-state index contributed by atoms with van der Waals surface area (Å²) in [6.45, 7) is 2.52. The average molecular weight is 453 g/mol. The van der Waals surface area contributed by atoms with E-state index in [1.807, 2.05) is 0 Å². The summed E-state index contributed by atoms with van der Waals surface area (Å²) in [5.74, 6) is -1.68. The van der Waals surface area contributed by atoms with Gasteiger partial charge in [-0.2, -0.15) is 0 Å². The van der Waals surface area contributed by atoms with Crippen molar-refractivity contribution in [3.05, 3.63) is 29.3 Å². The molecule has 0 aliphatic rings. The Labute approximate surface area is 194 Å². The topological polar surface area (TPSA) is 52.6 Å². The van der Waals surface area contributed by atoms with Crippen LogP contribution in [0.2, 0.25) is 5.02 Å². The van der Waals surface area contributed by atoms with Gasteiger partial charge in [-0.05, 0) is 30.7 Å². The Bertz CT molecular complexity index is 586. The number of carbonyl (C=O) groups excluding carboxylic acids is 2. The fourth-order valence-electron chi connectivity index (χ4n) is 3.53. The highest BCUT2D eigenvalue weighted by Gasteiger charge is 2.18. The van der Waals surface area contributed by atoms with Gasteiger partial charge in [0.25, 0.3) is 0 Å². The molecule has 4 nitrogen and oxygen atoms in total. The van der Waals surface area contributed by atoms with Gasteiger partial charge in [0, 0.05) is 5.02 Å². The standard InChI is InChI=1S/C26H41ClO4/c1-2-3-4-5-6-7-8-9-10-11-12-13-14-15-16-17-22-30-25(28)26(29)31-24-20-18-23(27)19-21-24/h18-21H,2-17,22H2,1H3. The summed E-state index contributed by atoms with van der Waals surface area (Å²) < 4.78 is 9.92. The van der Waals surface area contributed by atoms with Gasteiger partial charge >= 0.3 is 11.9 Å². The third-order valence-electron chi connectivity index (χ3n) is 5.42. The molecule has 31 heavy (non-hydrogen) atoms.